The molecular formula is C21H15ClN2S. The molecule has 4 rings (SSSR count). The molecule has 122 valence electrons. The predicted molar refractivity (Wildman–Crippen MR) is 107 cm³/mol. The van der Waals surface area contributed by atoms with Gasteiger partial charge in [-0.1, -0.05) is 48.0 Å². The first kappa shape index (κ1) is 15.9. The van der Waals surface area contributed by atoms with Crippen LogP contribution in [0, 0.1) is 0 Å². The second-order valence-electron chi connectivity index (χ2n) is 5.51. The lowest BCUT2D eigenvalue weighted by Crippen LogP contribution is -2.07. The van der Waals surface area contributed by atoms with E-state index in [-0.39, 0.29) is 0 Å². The van der Waals surface area contributed by atoms with Gasteiger partial charge >= 0.3 is 0 Å². The Balaban J connectivity index is 1.79. The third-order valence-electron chi connectivity index (χ3n) is 3.85. The fraction of sp³-hybridized carbons (Fsp3) is 0. The van der Waals surface area contributed by atoms with E-state index in [0.29, 0.717) is 5.15 Å². The smallest absolute Gasteiger partial charge is 0.129 e. The fourth-order valence-electron chi connectivity index (χ4n) is 2.72. The molecule has 0 spiro atoms. The summed E-state index contributed by atoms with van der Waals surface area (Å²) < 4.78 is 0. The van der Waals surface area contributed by atoms with Gasteiger partial charge in [-0.2, -0.15) is 0 Å². The molecule has 0 aliphatic heterocycles. The predicted octanol–water partition coefficient (Wildman–Crippen LogP) is 6.93. The van der Waals surface area contributed by atoms with E-state index in [1.54, 1.807) is 17.5 Å². The number of aromatic nitrogens is 1. The lowest BCUT2D eigenvalue weighted by Gasteiger charge is -2.23. The van der Waals surface area contributed by atoms with Crippen LogP contribution in [0.15, 0.2) is 91.1 Å². The Morgan fingerprint density at radius 1 is 0.760 bits per heavy atom. The number of benzene rings is 2. The second kappa shape index (κ2) is 7.09. The second-order valence-corrected chi connectivity index (χ2v) is 6.96. The number of halogens is 1. The summed E-state index contributed by atoms with van der Waals surface area (Å²) in [4.78, 5) is 7.49. The molecule has 25 heavy (non-hydrogen) atoms. The van der Waals surface area contributed by atoms with E-state index in [2.05, 4.69) is 70.5 Å². The number of anilines is 3. The number of para-hydroxylation sites is 2. The molecule has 0 amide bonds. The minimum Gasteiger partial charge on any atom is -0.302 e. The van der Waals surface area contributed by atoms with Gasteiger partial charge in [0.2, 0.25) is 0 Å². The summed E-state index contributed by atoms with van der Waals surface area (Å²) in [6.07, 6.45) is 1.74. The van der Waals surface area contributed by atoms with Crippen molar-refractivity contribution in [2.75, 3.05) is 4.90 Å². The van der Waals surface area contributed by atoms with Gasteiger partial charge in [0.1, 0.15) is 10.2 Å². The van der Waals surface area contributed by atoms with Crippen LogP contribution in [0.4, 0.5) is 16.4 Å². The van der Waals surface area contributed by atoms with Gasteiger partial charge in [0, 0.05) is 22.4 Å². The number of nitrogens with zero attached hydrogens (tertiary/aromatic N) is 2. The molecule has 2 aromatic carbocycles. The zero-order valence-electron chi connectivity index (χ0n) is 13.3. The minimum atomic E-state index is 0.510. The van der Waals surface area contributed by atoms with E-state index < -0.39 is 0 Å². The lowest BCUT2D eigenvalue weighted by atomic mass is 10.2. The van der Waals surface area contributed by atoms with E-state index in [4.69, 9.17) is 11.6 Å². The molecule has 0 saturated heterocycles. The number of hydrogen-bond donors (Lipinski definition) is 0. The molecule has 0 saturated carbocycles. The average molecular weight is 363 g/mol. The molecule has 0 aliphatic carbocycles. The molecule has 0 atom stereocenters. The molecule has 0 bridgehead atoms. The largest absolute Gasteiger partial charge is 0.302 e. The fourth-order valence-corrected chi connectivity index (χ4v) is 3.93. The van der Waals surface area contributed by atoms with Crippen molar-refractivity contribution in [3.8, 4) is 10.4 Å². The highest BCUT2D eigenvalue weighted by atomic mass is 35.5. The summed E-state index contributed by atoms with van der Waals surface area (Å²) in [7, 11) is 0. The minimum absolute atomic E-state index is 0.510. The summed E-state index contributed by atoms with van der Waals surface area (Å²) in [5, 5.41) is 1.66. The van der Waals surface area contributed by atoms with Gasteiger partial charge < -0.3 is 4.90 Å². The van der Waals surface area contributed by atoms with E-state index in [1.165, 1.54) is 0 Å². The summed E-state index contributed by atoms with van der Waals surface area (Å²) in [6.45, 7) is 0. The van der Waals surface area contributed by atoms with Crippen LogP contribution in [0.2, 0.25) is 5.15 Å². The molecule has 0 unspecified atom stereocenters. The van der Waals surface area contributed by atoms with Crippen molar-refractivity contribution in [2.45, 2.75) is 0 Å². The van der Waals surface area contributed by atoms with Crippen molar-refractivity contribution in [2.24, 2.45) is 0 Å². The molecule has 0 N–H and O–H groups in total. The lowest BCUT2D eigenvalue weighted by molar-refractivity contribution is 1.32. The van der Waals surface area contributed by atoms with Crippen LogP contribution in [0.25, 0.3) is 10.4 Å². The van der Waals surface area contributed by atoms with E-state index in [1.807, 2.05) is 24.3 Å². The summed E-state index contributed by atoms with van der Waals surface area (Å²) in [5.74, 6) is 0. The van der Waals surface area contributed by atoms with E-state index in [0.717, 1.165) is 26.8 Å². The van der Waals surface area contributed by atoms with Gasteiger partial charge in [-0.3, -0.25) is 0 Å². The monoisotopic (exact) mass is 362 g/mol. The topological polar surface area (TPSA) is 16.1 Å². The number of pyridine rings is 1. The summed E-state index contributed by atoms with van der Waals surface area (Å²) in [6, 6.07) is 28.9. The maximum Gasteiger partial charge on any atom is 0.129 e. The van der Waals surface area contributed by atoms with E-state index in [9.17, 15) is 0 Å². The van der Waals surface area contributed by atoms with Crippen molar-refractivity contribution in [3.05, 3.63) is 96.3 Å². The van der Waals surface area contributed by atoms with Gasteiger partial charge in [-0.05, 0) is 54.1 Å². The van der Waals surface area contributed by atoms with Crippen LogP contribution in [0.1, 0.15) is 0 Å². The quantitative estimate of drug-likeness (QED) is 0.366. The first-order valence-electron chi connectivity index (χ1n) is 7.93. The van der Waals surface area contributed by atoms with Crippen molar-refractivity contribution < 1.29 is 0 Å². The Kier molecular flexibility index (Phi) is 4.51. The van der Waals surface area contributed by atoms with Gasteiger partial charge in [-0.25, -0.2) is 4.98 Å². The first-order valence-corrected chi connectivity index (χ1v) is 9.13. The van der Waals surface area contributed by atoms with E-state index >= 15 is 0 Å². The highest BCUT2D eigenvalue weighted by molar-refractivity contribution is 7.19. The molecule has 2 nitrogen and oxygen atoms in total. The number of hydrogen-bond acceptors (Lipinski definition) is 3. The van der Waals surface area contributed by atoms with Crippen LogP contribution in [0.5, 0.6) is 0 Å². The highest BCUT2D eigenvalue weighted by Gasteiger charge is 2.14. The van der Waals surface area contributed by atoms with Crippen LogP contribution in [0.3, 0.4) is 0 Å². The first-order chi connectivity index (χ1) is 12.3. The van der Waals surface area contributed by atoms with Gasteiger partial charge in [-0.15, -0.1) is 11.3 Å². The Morgan fingerprint density at radius 3 is 2.00 bits per heavy atom. The Morgan fingerprint density at radius 2 is 1.40 bits per heavy atom. The molecule has 0 fully saturated rings. The Hall–Kier alpha value is -2.62. The van der Waals surface area contributed by atoms with Gasteiger partial charge in [0.25, 0.3) is 0 Å². The molecule has 4 aromatic rings. The molecule has 0 aliphatic rings. The average Bonchev–Trinajstić information content (AvgIpc) is 3.13. The summed E-state index contributed by atoms with van der Waals surface area (Å²) in [5.41, 5.74) is 3.35. The molecule has 4 heteroatoms. The number of thiophene rings is 1. The number of rotatable bonds is 4. The van der Waals surface area contributed by atoms with Crippen LogP contribution in [-0.2, 0) is 0 Å². The maximum atomic E-state index is 6.04. The zero-order chi connectivity index (χ0) is 17.1. The molecule has 2 heterocycles. The van der Waals surface area contributed by atoms with Crippen LogP contribution in [-0.4, -0.2) is 4.98 Å². The third-order valence-corrected chi connectivity index (χ3v) is 5.18. The van der Waals surface area contributed by atoms with Crippen molar-refractivity contribution in [1.82, 2.24) is 4.98 Å². The van der Waals surface area contributed by atoms with Gasteiger partial charge in [0.05, 0.1) is 0 Å². The van der Waals surface area contributed by atoms with Crippen LogP contribution >= 0.6 is 22.9 Å². The van der Waals surface area contributed by atoms with Crippen molar-refractivity contribution in [3.63, 3.8) is 0 Å². The summed E-state index contributed by atoms with van der Waals surface area (Å²) >= 11 is 7.77. The molecule has 2 aromatic heterocycles. The highest BCUT2D eigenvalue weighted by Crippen LogP contribution is 2.41. The molecular weight excluding hydrogens is 348 g/mol. The standard InChI is InChI=1S/C21H15ClN2S/c22-20-15-16(13-14-23-20)19-11-12-21(25-19)24(17-7-3-1-4-8-17)18-9-5-2-6-10-18/h1-15H. The van der Waals surface area contributed by atoms with Crippen molar-refractivity contribution in [1.29, 1.82) is 0 Å². The maximum absolute atomic E-state index is 6.04. The zero-order valence-corrected chi connectivity index (χ0v) is 14.9. The van der Waals surface area contributed by atoms with Crippen LogP contribution < -0.4 is 4.90 Å². The Labute approximate surface area is 156 Å². The third kappa shape index (κ3) is 3.43. The normalized spacial score (nSPS) is 10.6. The Bertz CT molecular complexity index is 928. The van der Waals surface area contributed by atoms with Gasteiger partial charge in [0.15, 0.2) is 0 Å². The van der Waals surface area contributed by atoms with Crippen molar-refractivity contribution >= 4 is 39.3 Å². The molecule has 0 radical (unpaired) electrons. The SMILES string of the molecule is Clc1cc(-c2ccc(N(c3ccccc3)c3ccccc3)s2)ccn1.